The van der Waals surface area contributed by atoms with Gasteiger partial charge in [0.15, 0.2) is 5.13 Å². The topological polar surface area (TPSA) is 80.3 Å². The van der Waals surface area contributed by atoms with Crippen molar-refractivity contribution in [1.29, 1.82) is 0 Å². The van der Waals surface area contributed by atoms with E-state index in [1.54, 1.807) is 7.11 Å². The molecule has 0 aliphatic heterocycles. The number of carbonyl (C=O) groups is 2. The van der Waals surface area contributed by atoms with E-state index in [4.69, 9.17) is 4.74 Å². The van der Waals surface area contributed by atoms with Crippen LogP contribution in [0, 0.1) is 5.92 Å². The number of hydrogen-bond donors (Lipinski definition) is 2. The van der Waals surface area contributed by atoms with Crippen molar-refractivity contribution in [3.8, 4) is 17.0 Å². The van der Waals surface area contributed by atoms with Crippen molar-refractivity contribution in [1.82, 2.24) is 4.98 Å². The van der Waals surface area contributed by atoms with E-state index in [1.807, 2.05) is 53.9 Å². The van der Waals surface area contributed by atoms with Crippen LogP contribution in [0.1, 0.15) is 12.8 Å². The van der Waals surface area contributed by atoms with Crippen LogP contribution in [0.2, 0.25) is 0 Å². The van der Waals surface area contributed by atoms with Gasteiger partial charge in [0.2, 0.25) is 11.8 Å². The highest BCUT2D eigenvalue weighted by molar-refractivity contribution is 8.00. The number of aromatic nitrogens is 1. The van der Waals surface area contributed by atoms with Crippen LogP contribution in [-0.2, 0) is 9.59 Å². The van der Waals surface area contributed by atoms with E-state index >= 15 is 0 Å². The maximum Gasteiger partial charge on any atom is 0.236 e. The third-order valence-electron chi connectivity index (χ3n) is 4.54. The standard InChI is InChI=1S/C22H21N3O3S2/c1-28-17-6-2-4-15(10-17)19-12-30-22(24-19)25-20(26)13-29-18-7-3-5-16(11-18)23-21(27)14-8-9-14/h2-7,10-12,14H,8-9,13H2,1H3,(H,23,27)(H,24,25,26). The lowest BCUT2D eigenvalue weighted by molar-refractivity contribution is -0.117. The summed E-state index contributed by atoms with van der Waals surface area (Å²) in [5, 5.41) is 8.24. The fraction of sp³-hybridized carbons (Fsp3) is 0.227. The summed E-state index contributed by atoms with van der Waals surface area (Å²) >= 11 is 2.80. The molecule has 1 aromatic heterocycles. The number of thiazole rings is 1. The zero-order valence-electron chi connectivity index (χ0n) is 16.4. The third kappa shape index (κ3) is 5.40. The van der Waals surface area contributed by atoms with Crippen molar-refractivity contribution in [2.75, 3.05) is 23.5 Å². The fourth-order valence-corrected chi connectivity index (χ4v) is 4.29. The second-order valence-electron chi connectivity index (χ2n) is 6.90. The average molecular weight is 440 g/mol. The van der Waals surface area contributed by atoms with Crippen LogP contribution in [0.4, 0.5) is 10.8 Å². The van der Waals surface area contributed by atoms with Crippen LogP contribution < -0.4 is 15.4 Å². The molecular formula is C22H21N3O3S2. The minimum atomic E-state index is -0.126. The van der Waals surface area contributed by atoms with Gasteiger partial charge in [0.05, 0.1) is 18.6 Å². The molecule has 1 saturated carbocycles. The number of nitrogens with zero attached hydrogens (tertiary/aromatic N) is 1. The molecule has 2 N–H and O–H groups in total. The van der Waals surface area contributed by atoms with E-state index in [0.717, 1.165) is 40.4 Å². The Labute approximate surface area is 183 Å². The van der Waals surface area contributed by atoms with E-state index in [0.29, 0.717) is 5.13 Å². The Bertz CT molecular complexity index is 1060. The zero-order valence-corrected chi connectivity index (χ0v) is 18.0. The lowest BCUT2D eigenvalue weighted by Gasteiger charge is -2.07. The molecule has 30 heavy (non-hydrogen) atoms. The molecule has 6 nitrogen and oxygen atoms in total. The molecule has 2 aromatic carbocycles. The second-order valence-corrected chi connectivity index (χ2v) is 8.80. The first-order valence-corrected chi connectivity index (χ1v) is 11.4. The highest BCUT2D eigenvalue weighted by atomic mass is 32.2. The molecule has 1 heterocycles. The smallest absolute Gasteiger partial charge is 0.236 e. The molecule has 0 bridgehead atoms. The maximum atomic E-state index is 12.3. The number of rotatable bonds is 8. The number of amides is 2. The van der Waals surface area contributed by atoms with E-state index < -0.39 is 0 Å². The Hall–Kier alpha value is -2.84. The van der Waals surface area contributed by atoms with Gasteiger partial charge < -0.3 is 15.4 Å². The predicted octanol–water partition coefficient (Wildman–Crippen LogP) is 4.90. The van der Waals surface area contributed by atoms with Gasteiger partial charge in [-0.2, -0.15) is 0 Å². The van der Waals surface area contributed by atoms with Gasteiger partial charge in [0.25, 0.3) is 0 Å². The van der Waals surface area contributed by atoms with Crippen LogP contribution in [0.3, 0.4) is 0 Å². The van der Waals surface area contributed by atoms with E-state index in [2.05, 4.69) is 15.6 Å². The van der Waals surface area contributed by atoms with Crippen LogP contribution >= 0.6 is 23.1 Å². The molecule has 0 atom stereocenters. The molecule has 0 spiro atoms. The van der Waals surface area contributed by atoms with Gasteiger partial charge in [-0.05, 0) is 43.2 Å². The van der Waals surface area contributed by atoms with Crippen LogP contribution in [0.25, 0.3) is 11.3 Å². The summed E-state index contributed by atoms with van der Waals surface area (Å²) in [6.45, 7) is 0. The summed E-state index contributed by atoms with van der Waals surface area (Å²) in [6, 6.07) is 15.2. The normalized spacial score (nSPS) is 13.0. The summed E-state index contributed by atoms with van der Waals surface area (Å²) in [5.41, 5.74) is 2.49. The number of thioether (sulfide) groups is 1. The van der Waals surface area contributed by atoms with E-state index in [9.17, 15) is 9.59 Å². The number of hydrogen-bond acceptors (Lipinski definition) is 6. The highest BCUT2D eigenvalue weighted by Gasteiger charge is 2.29. The SMILES string of the molecule is COc1cccc(-c2csc(NC(=O)CSc3cccc(NC(=O)C4CC4)c3)n2)c1. The number of carbonyl (C=O) groups excluding carboxylic acids is 2. The molecule has 8 heteroatoms. The Balaban J connectivity index is 1.31. The van der Waals surface area contributed by atoms with Crippen molar-refractivity contribution in [3.05, 3.63) is 53.9 Å². The fourth-order valence-electron chi connectivity index (χ4n) is 2.80. The Morgan fingerprint density at radius 2 is 2.00 bits per heavy atom. The molecule has 1 aliphatic rings. The minimum Gasteiger partial charge on any atom is -0.497 e. The molecule has 4 rings (SSSR count). The zero-order chi connectivity index (χ0) is 20.9. The summed E-state index contributed by atoms with van der Waals surface area (Å²) in [6.07, 6.45) is 1.94. The average Bonchev–Trinajstić information content (AvgIpc) is 3.52. The molecule has 3 aromatic rings. The number of nitrogens with one attached hydrogen (secondary N) is 2. The van der Waals surface area contributed by atoms with Crippen molar-refractivity contribution >= 4 is 45.7 Å². The van der Waals surface area contributed by atoms with Crippen molar-refractivity contribution < 1.29 is 14.3 Å². The first-order valence-electron chi connectivity index (χ1n) is 9.54. The van der Waals surface area contributed by atoms with Gasteiger partial charge in [-0.15, -0.1) is 23.1 Å². The highest BCUT2D eigenvalue weighted by Crippen LogP contribution is 2.31. The van der Waals surface area contributed by atoms with Gasteiger partial charge in [0.1, 0.15) is 5.75 Å². The number of ether oxygens (including phenoxy) is 1. The molecule has 154 valence electrons. The molecule has 2 amide bonds. The monoisotopic (exact) mass is 439 g/mol. The van der Waals surface area contributed by atoms with E-state index in [-0.39, 0.29) is 23.5 Å². The molecular weight excluding hydrogens is 418 g/mol. The lowest BCUT2D eigenvalue weighted by atomic mass is 10.2. The van der Waals surface area contributed by atoms with Gasteiger partial charge in [-0.1, -0.05) is 18.2 Å². The lowest BCUT2D eigenvalue weighted by Crippen LogP contribution is -2.14. The first-order chi connectivity index (χ1) is 14.6. The maximum absolute atomic E-state index is 12.3. The quantitative estimate of drug-likeness (QED) is 0.488. The number of benzene rings is 2. The Kier molecular flexibility index (Phi) is 6.35. The van der Waals surface area contributed by atoms with Gasteiger partial charge >= 0.3 is 0 Å². The summed E-state index contributed by atoms with van der Waals surface area (Å²) in [4.78, 5) is 29.7. The summed E-state index contributed by atoms with van der Waals surface area (Å²) in [5.74, 6) is 1.13. The van der Waals surface area contributed by atoms with E-state index in [1.165, 1.54) is 23.1 Å². The third-order valence-corrected chi connectivity index (χ3v) is 6.29. The van der Waals surface area contributed by atoms with Gasteiger partial charge in [0, 0.05) is 27.4 Å². The first kappa shape index (κ1) is 20.4. The molecule has 0 unspecified atom stereocenters. The molecule has 1 aliphatic carbocycles. The number of anilines is 2. The second kappa shape index (κ2) is 9.32. The molecule has 1 fully saturated rings. The van der Waals surface area contributed by atoms with Crippen LogP contribution in [-0.4, -0.2) is 29.7 Å². The molecule has 0 radical (unpaired) electrons. The Morgan fingerprint density at radius 1 is 1.17 bits per heavy atom. The number of methoxy groups -OCH3 is 1. The minimum absolute atomic E-state index is 0.0745. The van der Waals surface area contributed by atoms with Crippen molar-refractivity contribution in [2.24, 2.45) is 5.92 Å². The van der Waals surface area contributed by atoms with Crippen LogP contribution in [0.15, 0.2) is 58.8 Å². The largest absolute Gasteiger partial charge is 0.497 e. The Morgan fingerprint density at radius 3 is 2.80 bits per heavy atom. The summed E-state index contributed by atoms with van der Waals surface area (Å²) < 4.78 is 5.25. The molecule has 0 saturated heterocycles. The van der Waals surface area contributed by atoms with Crippen molar-refractivity contribution in [2.45, 2.75) is 17.7 Å². The summed E-state index contributed by atoms with van der Waals surface area (Å²) in [7, 11) is 1.63. The predicted molar refractivity (Wildman–Crippen MR) is 121 cm³/mol. The van der Waals surface area contributed by atoms with Crippen LogP contribution in [0.5, 0.6) is 5.75 Å². The van der Waals surface area contributed by atoms with Crippen molar-refractivity contribution in [3.63, 3.8) is 0 Å². The van der Waals surface area contributed by atoms with Gasteiger partial charge in [-0.25, -0.2) is 4.98 Å². The van der Waals surface area contributed by atoms with Gasteiger partial charge in [-0.3, -0.25) is 9.59 Å².